The molecule has 0 bridgehead atoms. The Bertz CT molecular complexity index is 605. The van der Waals surface area contributed by atoms with E-state index in [1.807, 2.05) is 25.1 Å². The predicted molar refractivity (Wildman–Crippen MR) is 70.4 cm³/mol. The van der Waals surface area contributed by atoms with Gasteiger partial charge in [0.25, 0.3) is 5.56 Å². The molecule has 0 aliphatic carbocycles. The summed E-state index contributed by atoms with van der Waals surface area (Å²) in [7, 11) is 0. The van der Waals surface area contributed by atoms with E-state index in [-0.39, 0.29) is 5.56 Å². The van der Waals surface area contributed by atoms with Gasteiger partial charge in [0, 0.05) is 23.0 Å². The number of nitrogen functional groups attached to an aromatic ring is 1. The van der Waals surface area contributed by atoms with Gasteiger partial charge in [0.15, 0.2) is 0 Å². The summed E-state index contributed by atoms with van der Waals surface area (Å²) >= 11 is 5.74. The van der Waals surface area contributed by atoms with Gasteiger partial charge in [-0.2, -0.15) is 0 Å². The van der Waals surface area contributed by atoms with E-state index in [4.69, 9.17) is 17.3 Å². The first-order chi connectivity index (χ1) is 8.08. The fourth-order valence-corrected chi connectivity index (χ4v) is 1.82. The van der Waals surface area contributed by atoms with Crippen LogP contribution in [0.1, 0.15) is 11.1 Å². The molecule has 17 heavy (non-hydrogen) atoms. The van der Waals surface area contributed by atoms with Gasteiger partial charge in [-0.05, 0) is 30.2 Å². The summed E-state index contributed by atoms with van der Waals surface area (Å²) < 4.78 is 1.60. The van der Waals surface area contributed by atoms with Crippen molar-refractivity contribution in [1.82, 2.24) is 4.57 Å². The number of hydrogen-bond donors (Lipinski definition) is 1. The van der Waals surface area contributed by atoms with E-state index in [2.05, 4.69) is 0 Å². The van der Waals surface area contributed by atoms with Crippen molar-refractivity contribution in [2.45, 2.75) is 13.5 Å². The normalized spacial score (nSPS) is 10.5. The summed E-state index contributed by atoms with van der Waals surface area (Å²) in [6.45, 7) is 2.46. The summed E-state index contributed by atoms with van der Waals surface area (Å²) in [6, 6.07) is 8.81. The Morgan fingerprint density at radius 1 is 1.35 bits per heavy atom. The van der Waals surface area contributed by atoms with Gasteiger partial charge in [0.2, 0.25) is 0 Å². The number of nitrogens with zero attached hydrogens (tertiary/aromatic N) is 1. The molecule has 1 aromatic heterocycles. The van der Waals surface area contributed by atoms with E-state index < -0.39 is 0 Å². The van der Waals surface area contributed by atoms with E-state index in [0.717, 1.165) is 16.8 Å². The molecule has 3 nitrogen and oxygen atoms in total. The Labute approximate surface area is 104 Å². The van der Waals surface area contributed by atoms with Crippen molar-refractivity contribution in [3.05, 3.63) is 63.0 Å². The molecule has 4 heteroatoms. The lowest BCUT2D eigenvalue weighted by Gasteiger charge is -2.10. The number of nitrogens with two attached hydrogens (primary N) is 1. The predicted octanol–water partition coefficient (Wildman–Crippen LogP) is 2.44. The van der Waals surface area contributed by atoms with Crippen LogP contribution in [0, 0.1) is 6.92 Å². The second-order valence-electron chi connectivity index (χ2n) is 3.94. The maximum absolute atomic E-state index is 11.7. The summed E-state index contributed by atoms with van der Waals surface area (Å²) in [4.78, 5) is 11.7. The number of benzene rings is 1. The average Bonchev–Trinajstić information content (AvgIpc) is 2.28. The van der Waals surface area contributed by atoms with Crippen LogP contribution in [0.25, 0.3) is 0 Å². The summed E-state index contributed by atoms with van der Waals surface area (Å²) in [6.07, 6.45) is 1.69. The maximum Gasteiger partial charge on any atom is 0.252 e. The van der Waals surface area contributed by atoms with Crippen LogP contribution >= 0.6 is 11.6 Å². The Kier molecular flexibility index (Phi) is 3.20. The SMILES string of the molecule is Cc1c(N)cccc1Cn1ccc(Cl)cc1=O. The Morgan fingerprint density at radius 3 is 2.82 bits per heavy atom. The first-order valence-corrected chi connectivity index (χ1v) is 5.65. The average molecular weight is 249 g/mol. The zero-order valence-corrected chi connectivity index (χ0v) is 10.2. The lowest BCUT2D eigenvalue weighted by molar-refractivity contribution is 0.756. The molecule has 0 saturated heterocycles. The maximum atomic E-state index is 11.7. The molecule has 0 saturated carbocycles. The van der Waals surface area contributed by atoms with Gasteiger partial charge in [0.1, 0.15) is 0 Å². The Morgan fingerprint density at radius 2 is 2.12 bits per heavy atom. The molecular weight excluding hydrogens is 236 g/mol. The van der Waals surface area contributed by atoms with Crippen LogP contribution < -0.4 is 11.3 Å². The highest BCUT2D eigenvalue weighted by Gasteiger charge is 2.03. The summed E-state index contributed by atoms with van der Waals surface area (Å²) in [5.41, 5.74) is 8.50. The van der Waals surface area contributed by atoms with Crippen LogP contribution in [0.2, 0.25) is 5.02 Å². The molecular formula is C13H13ClN2O. The number of pyridine rings is 1. The Hall–Kier alpha value is -1.74. The van der Waals surface area contributed by atoms with Crippen LogP contribution in [0.3, 0.4) is 0 Å². The molecule has 2 rings (SSSR count). The molecule has 2 aromatic rings. The largest absolute Gasteiger partial charge is 0.399 e. The van der Waals surface area contributed by atoms with Crippen molar-refractivity contribution in [2.24, 2.45) is 0 Å². The molecule has 88 valence electrons. The summed E-state index contributed by atoms with van der Waals surface area (Å²) in [5, 5.41) is 0.454. The number of rotatable bonds is 2. The molecule has 0 aliphatic rings. The van der Waals surface area contributed by atoms with Gasteiger partial charge >= 0.3 is 0 Å². The van der Waals surface area contributed by atoms with Crippen LogP contribution in [0.5, 0.6) is 0 Å². The van der Waals surface area contributed by atoms with E-state index in [1.165, 1.54) is 6.07 Å². The number of hydrogen-bond acceptors (Lipinski definition) is 2. The van der Waals surface area contributed by atoms with Crippen LogP contribution in [-0.4, -0.2) is 4.57 Å². The summed E-state index contributed by atoms with van der Waals surface area (Å²) in [5.74, 6) is 0. The van der Waals surface area contributed by atoms with Crippen molar-refractivity contribution in [1.29, 1.82) is 0 Å². The second-order valence-corrected chi connectivity index (χ2v) is 4.38. The molecule has 0 fully saturated rings. The molecule has 0 spiro atoms. The quantitative estimate of drug-likeness (QED) is 0.830. The van der Waals surface area contributed by atoms with E-state index in [9.17, 15) is 4.79 Å². The first kappa shape index (κ1) is 11.7. The minimum Gasteiger partial charge on any atom is -0.399 e. The second kappa shape index (κ2) is 4.63. The molecule has 1 aromatic carbocycles. The Balaban J connectivity index is 2.38. The standard InChI is InChI=1S/C13H13ClN2O/c1-9-10(3-2-4-12(9)15)8-16-6-5-11(14)7-13(16)17/h2-7H,8,15H2,1H3. The van der Waals surface area contributed by atoms with Gasteiger partial charge < -0.3 is 10.3 Å². The number of aromatic nitrogens is 1. The smallest absolute Gasteiger partial charge is 0.252 e. The van der Waals surface area contributed by atoms with E-state index >= 15 is 0 Å². The van der Waals surface area contributed by atoms with Crippen LogP contribution in [0.4, 0.5) is 5.69 Å². The molecule has 0 atom stereocenters. The minimum atomic E-state index is -0.112. The highest BCUT2D eigenvalue weighted by Crippen LogP contribution is 2.16. The van der Waals surface area contributed by atoms with E-state index in [0.29, 0.717) is 11.6 Å². The lowest BCUT2D eigenvalue weighted by Crippen LogP contribution is -2.19. The van der Waals surface area contributed by atoms with Gasteiger partial charge in [0.05, 0.1) is 6.54 Å². The van der Waals surface area contributed by atoms with Crippen molar-refractivity contribution < 1.29 is 0 Å². The van der Waals surface area contributed by atoms with E-state index in [1.54, 1.807) is 16.8 Å². The molecule has 0 unspecified atom stereocenters. The fourth-order valence-electron chi connectivity index (χ4n) is 1.67. The van der Waals surface area contributed by atoms with Crippen molar-refractivity contribution in [3.8, 4) is 0 Å². The zero-order valence-electron chi connectivity index (χ0n) is 9.48. The van der Waals surface area contributed by atoms with Crippen molar-refractivity contribution >= 4 is 17.3 Å². The highest BCUT2D eigenvalue weighted by atomic mass is 35.5. The highest BCUT2D eigenvalue weighted by molar-refractivity contribution is 6.30. The third-order valence-electron chi connectivity index (χ3n) is 2.79. The third kappa shape index (κ3) is 2.50. The topological polar surface area (TPSA) is 48.0 Å². The lowest BCUT2D eigenvalue weighted by atomic mass is 10.1. The first-order valence-electron chi connectivity index (χ1n) is 5.28. The van der Waals surface area contributed by atoms with Gasteiger partial charge in [-0.1, -0.05) is 23.7 Å². The number of halogens is 1. The van der Waals surface area contributed by atoms with Gasteiger partial charge in [-0.15, -0.1) is 0 Å². The van der Waals surface area contributed by atoms with Crippen molar-refractivity contribution in [2.75, 3.05) is 5.73 Å². The fraction of sp³-hybridized carbons (Fsp3) is 0.154. The number of anilines is 1. The molecule has 0 amide bonds. The molecule has 2 N–H and O–H groups in total. The molecule has 1 heterocycles. The van der Waals surface area contributed by atoms with Gasteiger partial charge in [-0.25, -0.2) is 0 Å². The van der Waals surface area contributed by atoms with Crippen LogP contribution in [0.15, 0.2) is 41.3 Å². The van der Waals surface area contributed by atoms with Crippen molar-refractivity contribution in [3.63, 3.8) is 0 Å². The molecule has 0 radical (unpaired) electrons. The zero-order chi connectivity index (χ0) is 12.4. The van der Waals surface area contributed by atoms with Gasteiger partial charge in [-0.3, -0.25) is 4.79 Å². The monoisotopic (exact) mass is 248 g/mol. The third-order valence-corrected chi connectivity index (χ3v) is 3.02. The minimum absolute atomic E-state index is 0.112. The van der Waals surface area contributed by atoms with Crippen LogP contribution in [-0.2, 0) is 6.54 Å². The molecule has 0 aliphatic heterocycles.